The molecule has 5 rings (SSSR count). The van der Waals surface area contributed by atoms with Gasteiger partial charge in [0.25, 0.3) is 0 Å². The Labute approximate surface area is 193 Å². The van der Waals surface area contributed by atoms with Crippen molar-refractivity contribution >= 4 is 5.97 Å². The number of benzene rings is 2. The number of nitrogens with zero attached hydrogens (tertiary/aromatic N) is 3. The van der Waals surface area contributed by atoms with Gasteiger partial charge in [-0.15, -0.1) is 0 Å². The van der Waals surface area contributed by atoms with Gasteiger partial charge in [-0.05, 0) is 43.0 Å². The summed E-state index contributed by atoms with van der Waals surface area (Å²) in [6.07, 6.45) is 2.82. The molecule has 0 amide bonds. The number of carbonyl (C=O) groups excluding carboxylic acids is 1. The molecule has 0 bridgehead atoms. The number of fused-ring (bicyclic) bond motifs is 2. The van der Waals surface area contributed by atoms with Gasteiger partial charge in [-0.2, -0.15) is 5.10 Å². The first-order valence-corrected chi connectivity index (χ1v) is 11.6. The first-order valence-electron chi connectivity index (χ1n) is 11.6. The lowest BCUT2D eigenvalue weighted by Gasteiger charge is -2.27. The Morgan fingerprint density at radius 3 is 2.79 bits per heavy atom. The highest BCUT2D eigenvalue weighted by Gasteiger charge is 2.29. The Kier molecular flexibility index (Phi) is 6.30. The fourth-order valence-corrected chi connectivity index (χ4v) is 4.61. The number of hydrogen-bond donors (Lipinski definition) is 0. The van der Waals surface area contributed by atoms with Crippen molar-refractivity contribution in [2.24, 2.45) is 0 Å². The van der Waals surface area contributed by atoms with E-state index in [1.807, 2.05) is 29.8 Å². The number of rotatable bonds is 8. The maximum Gasteiger partial charge on any atom is 0.359 e. The predicted octanol–water partition coefficient (Wildman–Crippen LogP) is 3.98. The van der Waals surface area contributed by atoms with Crippen LogP contribution >= 0.6 is 0 Å². The molecular formula is C26H29N3O4. The average molecular weight is 448 g/mol. The number of esters is 1. The molecule has 2 aliphatic heterocycles. The lowest BCUT2D eigenvalue weighted by molar-refractivity contribution is 0.0515. The Morgan fingerprint density at radius 1 is 1.09 bits per heavy atom. The SMILES string of the molecule is CCOC(=O)c1nn(CCCc2ccccc2)c2c1CN(Cc1ccc3c(c1)OCO3)CC2. The van der Waals surface area contributed by atoms with E-state index in [0.717, 1.165) is 67.2 Å². The quantitative estimate of drug-likeness (QED) is 0.487. The van der Waals surface area contributed by atoms with E-state index in [9.17, 15) is 4.79 Å². The van der Waals surface area contributed by atoms with Crippen molar-refractivity contribution in [1.29, 1.82) is 0 Å². The Hall–Kier alpha value is -3.32. The molecule has 172 valence electrons. The van der Waals surface area contributed by atoms with Gasteiger partial charge in [-0.3, -0.25) is 9.58 Å². The van der Waals surface area contributed by atoms with Gasteiger partial charge in [0.15, 0.2) is 17.2 Å². The van der Waals surface area contributed by atoms with E-state index in [2.05, 4.69) is 35.2 Å². The number of carbonyl (C=O) groups is 1. The molecule has 7 nitrogen and oxygen atoms in total. The summed E-state index contributed by atoms with van der Waals surface area (Å²) in [6.45, 7) is 5.60. The summed E-state index contributed by atoms with van der Waals surface area (Å²) in [5.74, 6) is 1.25. The normalized spacial score (nSPS) is 14.8. The van der Waals surface area contributed by atoms with Gasteiger partial charge in [0.1, 0.15) is 0 Å². The highest BCUT2D eigenvalue weighted by Crippen LogP contribution is 2.33. The van der Waals surface area contributed by atoms with Crippen molar-refractivity contribution in [2.75, 3.05) is 19.9 Å². The summed E-state index contributed by atoms with van der Waals surface area (Å²) in [6, 6.07) is 16.5. The second-order valence-electron chi connectivity index (χ2n) is 8.45. The van der Waals surface area contributed by atoms with Gasteiger partial charge < -0.3 is 14.2 Å². The Morgan fingerprint density at radius 2 is 1.94 bits per heavy atom. The van der Waals surface area contributed by atoms with Gasteiger partial charge in [-0.25, -0.2) is 4.79 Å². The van der Waals surface area contributed by atoms with E-state index in [1.54, 1.807) is 0 Å². The molecule has 0 saturated carbocycles. The Bertz CT molecular complexity index is 1130. The lowest BCUT2D eigenvalue weighted by atomic mass is 10.0. The fourth-order valence-electron chi connectivity index (χ4n) is 4.61. The zero-order chi connectivity index (χ0) is 22.6. The molecule has 0 saturated heterocycles. The Balaban J connectivity index is 1.31. The standard InChI is InChI=1S/C26H29N3O4/c1-2-31-26(30)25-21-17-28(16-20-10-11-23-24(15-20)33-18-32-23)14-12-22(21)29(27-25)13-6-9-19-7-4-3-5-8-19/h3-5,7-8,10-11,15H,2,6,9,12-14,16-18H2,1H3. The number of aryl methyl sites for hydroxylation is 2. The van der Waals surface area contributed by atoms with Crippen LogP contribution in [0.25, 0.3) is 0 Å². The first kappa shape index (κ1) is 21.5. The van der Waals surface area contributed by atoms with E-state index in [0.29, 0.717) is 18.8 Å². The highest BCUT2D eigenvalue weighted by atomic mass is 16.7. The number of hydrogen-bond acceptors (Lipinski definition) is 6. The summed E-state index contributed by atoms with van der Waals surface area (Å²) in [7, 11) is 0. The van der Waals surface area contributed by atoms with Crippen LogP contribution in [0.15, 0.2) is 48.5 Å². The molecule has 7 heteroatoms. The third kappa shape index (κ3) is 4.73. The van der Waals surface area contributed by atoms with Crippen molar-refractivity contribution in [3.8, 4) is 11.5 Å². The van der Waals surface area contributed by atoms with Crippen LogP contribution in [0.5, 0.6) is 11.5 Å². The average Bonchev–Trinajstić information content (AvgIpc) is 3.44. The molecule has 3 heterocycles. The maximum atomic E-state index is 12.7. The second kappa shape index (κ2) is 9.67. The van der Waals surface area contributed by atoms with Crippen molar-refractivity contribution in [3.63, 3.8) is 0 Å². The largest absolute Gasteiger partial charge is 0.461 e. The minimum absolute atomic E-state index is 0.276. The number of aromatic nitrogens is 2. The summed E-state index contributed by atoms with van der Waals surface area (Å²) in [5.41, 5.74) is 5.10. The molecule has 0 fully saturated rings. The molecule has 0 atom stereocenters. The van der Waals surface area contributed by atoms with Gasteiger partial charge in [0, 0.05) is 43.9 Å². The summed E-state index contributed by atoms with van der Waals surface area (Å²) >= 11 is 0. The number of ether oxygens (including phenoxy) is 3. The van der Waals surface area contributed by atoms with Crippen molar-refractivity contribution in [3.05, 3.63) is 76.6 Å². The summed E-state index contributed by atoms with van der Waals surface area (Å²) < 4.78 is 18.3. The van der Waals surface area contributed by atoms with Crippen LogP contribution in [0.4, 0.5) is 0 Å². The van der Waals surface area contributed by atoms with Crippen molar-refractivity contribution in [2.45, 2.75) is 45.8 Å². The van der Waals surface area contributed by atoms with Crippen LogP contribution in [-0.2, 0) is 37.2 Å². The van der Waals surface area contributed by atoms with Crippen molar-refractivity contribution < 1.29 is 19.0 Å². The van der Waals surface area contributed by atoms with Crippen LogP contribution in [0, 0.1) is 0 Å². The summed E-state index contributed by atoms with van der Waals surface area (Å²) in [4.78, 5) is 15.0. The lowest BCUT2D eigenvalue weighted by Crippen LogP contribution is -2.31. The second-order valence-corrected chi connectivity index (χ2v) is 8.45. The molecule has 0 spiro atoms. The molecule has 1 aromatic heterocycles. The van der Waals surface area contributed by atoms with Crippen LogP contribution in [0.1, 0.15) is 46.2 Å². The minimum Gasteiger partial charge on any atom is -0.461 e. The van der Waals surface area contributed by atoms with Gasteiger partial charge >= 0.3 is 5.97 Å². The minimum atomic E-state index is -0.333. The third-order valence-corrected chi connectivity index (χ3v) is 6.20. The van der Waals surface area contributed by atoms with Crippen LogP contribution in [0.3, 0.4) is 0 Å². The van der Waals surface area contributed by atoms with Crippen LogP contribution in [-0.4, -0.2) is 40.6 Å². The molecule has 0 N–H and O–H groups in total. The smallest absolute Gasteiger partial charge is 0.359 e. The van der Waals surface area contributed by atoms with Crippen LogP contribution in [0.2, 0.25) is 0 Å². The first-order chi connectivity index (χ1) is 16.2. The zero-order valence-electron chi connectivity index (χ0n) is 19.0. The van der Waals surface area contributed by atoms with E-state index < -0.39 is 0 Å². The van der Waals surface area contributed by atoms with E-state index in [-0.39, 0.29) is 12.8 Å². The van der Waals surface area contributed by atoms with E-state index >= 15 is 0 Å². The molecule has 0 unspecified atom stereocenters. The molecule has 2 aliphatic rings. The molecule has 0 radical (unpaired) electrons. The predicted molar refractivity (Wildman–Crippen MR) is 123 cm³/mol. The van der Waals surface area contributed by atoms with Gasteiger partial charge in [0.2, 0.25) is 6.79 Å². The maximum absolute atomic E-state index is 12.7. The van der Waals surface area contributed by atoms with E-state index in [1.165, 1.54) is 5.56 Å². The van der Waals surface area contributed by atoms with Crippen molar-refractivity contribution in [1.82, 2.24) is 14.7 Å². The molecule has 2 aromatic carbocycles. The molecule has 0 aliphatic carbocycles. The molecule has 33 heavy (non-hydrogen) atoms. The zero-order valence-corrected chi connectivity index (χ0v) is 19.0. The fraction of sp³-hybridized carbons (Fsp3) is 0.385. The molecule has 3 aromatic rings. The van der Waals surface area contributed by atoms with Gasteiger partial charge in [0.05, 0.1) is 6.61 Å². The topological polar surface area (TPSA) is 65.8 Å². The van der Waals surface area contributed by atoms with E-state index in [4.69, 9.17) is 19.3 Å². The van der Waals surface area contributed by atoms with Crippen LogP contribution < -0.4 is 9.47 Å². The summed E-state index contributed by atoms with van der Waals surface area (Å²) in [5, 5.41) is 4.71. The van der Waals surface area contributed by atoms with Gasteiger partial charge in [-0.1, -0.05) is 36.4 Å². The highest BCUT2D eigenvalue weighted by molar-refractivity contribution is 5.89. The molecular weight excluding hydrogens is 418 g/mol. The monoisotopic (exact) mass is 447 g/mol. The third-order valence-electron chi connectivity index (χ3n) is 6.20.